The van der Waals surface area contributed by atoms with Gasteiger partial charge >= 0.3 is 18.0 Å². The molecule has 0 N–H and O–H groups in total. The van der Waals surface area contributed by atoms with E-state index in [1.165, 1.54) is 24.1 Å². The Kier molecular flexibility index (Phi) is 4.90. The Bertz CT molecular complexity index is 733. The van der Waals surface area contributed by atoms with Gasteiger partial charge in [0.1, 0.15) is 5.90 Å². The number of hydrogen-bond donors (Lipinski definition) is 0. The van der Waals surface area contributed by atoms with Crippen LogP contribution in [0.25, 0.3) is 0 Å². The number of rotatable bonds is 4. The highest BCUT2D eigenvalue weighted by atomic mass is 19.4. The molecule has 1 unspecified atom stereocenters. The zero-order valence-corrected chi connectivity index (χ0v) is 13.1. The third-order valence-electron chi connectivity index (χ3n) is 3.86. The first-order valence-corrected chi connectivity index (χ1v) is 7.14. The van der Waals surface area contributed by atoms with Gasteiger partial charge in [0, 0.05) is 25.2 Å². The van der Waals surface area contributed by atoms with Gasteiger partial charge in [-0.25, -0.2) is 0 Å². The summed E-state index contributed by atoms with van der Waals surface area (Å²) in [6, 6.07) is 2.61. The molecule has 1 saturated heterocycles. The van der Waals surface area contributed by atoms with Gasteiger partial charge in [-0.2, -0.15) is 30.7 Å². The van der Waals surface area contributed by atoms with E-state index in [0.717, 1.165) is 12.4 Å². The Morgan fingerprint density at radius 3 is 2.38 bits per heavy atom. The van der Waals surface area contributed by atoms with Crippen LogP contribution in [0, 0.1) is 0 Å². The third kappa shape index (κ3) is 3.31. The van der Waals surface area contributed by atoms with E-state index in [4.69, 9.17) is 0 Å². The van der Waals surface area contributed by atoms with E-state index in [9.17, 15) is 40.6 Å². The lowest BCUT2D eigenvalue weighted by atomic mass is 10.00. The summed E-state index contributed by atoms with van der Waals surface area (Å²) >= 11 is 0. The molecule has 26 heavy (non-hydrogen) atoms. The average Bonchev–Trinajstić information content (AvgIpc) is 2.86. The smallest absolute Gasteiger partial charge is 0.460 e. The topological polar surface area (TPSA) is 59.6 Å². The largest absolute Gasteiger partial charge is 0.853 e. The molecule has 12 heteroatoms. The molecule has 0 radical (unpaired) electrons. The van der Waals surface area contributed by atoms with E-state index in [1.54, 1.807) is 0 Å². The van der Waals surface area contributed by atoms with Gasteiger partial charge in [0.05, 0.1) is 5.92 Å². The number of pyridine rings is 1. The fourth-order valence-corrected chi connectivity index (χ4v) is 2.36. The van der Waals surface area contributed by atoms with Crippen molar-refractivity contribution >= 4 is 11.8 Å². The summed E-state index contributed by atoms with van der Waals surface area (Å²) in [6.45, 7) is 0.421. The quantitative estimate of drug-likeness (QED) is 0.338. The fraction of sp³-hybridized carbons (Fsp3) is 0.500. The number of carbonyl (C=O) groups excluding carboxylic acids is 1. The van der Waals surface area contributed by atoms with Crippen LogP contribution >= 0.6 is 0 Å². The van der Waals surface area contributed by atoms with Crippen molar-refractivity contribution in [1.82, 2.24) is 4.90 Å². The second-order valence-electron chi connectivity index (χ2n) is 5.67. The molecule has 2 rings (SSSR count). The molecule has 144 valence electrons. The Hall–Kier alpha value is -2.40. The van der Waals surface area contributed by atoms with Crippen molar-refractivity contribution in [3.05, 3.63) is 30.1 Å². The van der Waals surface area contributed by atoms with Crippen LogP contribution in [0.2, 0.25) is 0 Å². The van der Waals surface area contributed by atoms with E-state index < -0.39 is 29.8 Å². The summed E-state index contributed by atoms with van der Waals surface area (Å²) in [4.78, 5) is 13.3. The van der Waals surface area contributed by atoms with Crippen LogP contribution in [-0.2, 0) is 4.79 Å². The number of hydrogen-bond acceptors (Lipinski definition) is 3. The molecule has 1 aliphatic heterocycles. The van der Waals surface area contributed by atoms with Gasteiger partial charge < -0.3 is 10.0 Å². The molecule has 2 heterocycles. The maximum Gasteiger partial charge on any atom is 0.460 e. The number of aromatic nitrogens is 1. The van der Waals surface area contributed by atoms with Gasteiger partial charge in [0.2, 0.25) is 18.3 Å². The standard InChI is InChI=1S/C14H12F7N3O2/c1-23-6-4-9(10(23)25)8-3-2-5-24(7-8)22-11(26)12(15,16)13(17,18)14(19,20)21/h2-3,5,7,9H,4,6H2,1H3. The third-order valence-corrected chi connectivity index (χ3v) is 3.86. The molecule has 0 aliphatic carbocycles. The molecular formula is C14H12F7N3O2. The van der Waals surface area contributed by atoms with Crippen LogP contribution in [0.15, 0.2) is 29.6 Å². The summed E-state index contributed by atoms with van der Waals surface area (Å²) in [5, 5.41) is 13.9. The van der Waals surface area contributed by atoms with Crippen LogP contribution in [0.1, 0.15) is 17.9 Å². The molecule has 0 bridgehead atoms. The zero-order chi connectivity index (χ0) is 19.9. The van der Waals surface area contributed by atoms with Gasteiger partial charge in [0.25, 0.3) is 0 Å². The van der Waals surface area contributed by atoms with Crippen LogP contribution < -0.4 is 9.78 Å². The molecule has 0 aromatic carbocycles. The van der Waals surface area contributed by atoms with Gasteiger partial charge in [-0.1, -0.05) is 4.68 Å². The lowest BCUT2D eigenvalue weighted by molar-refractivity contribution is -0.682. The maximum atomic E-state index is 13.3. The Balaban J connectivity index is 2.35. The zero-order valence-electron chi connectivity index (χ0n) is 13.1. The van der Waals surface area contributed by atoms with E-state index >= 15 is 0 Å². The van der Waals surface area contributed by atoms with Crippen molar-refractivity contribution < 1.29 is 45.3 Å². The Morgan fingerprint density at radius 2 is 1.88 bits per heavy atom. The fourth-order valence-electron chi connectivity index (χ4n) is 2.36. The average molecular weight is 387 g/mol. The van der Waals surface area contributed by atoms with Crippen molar-refractivity contribution in [2.24, 2.45) is 5.10 Å². The van der Waals surface area contributed by atoms with Crippen molar-refractivity contribution in [2.45, 2.75) is 30.4 Å². The normalized spacial score (nSPS) is 20.0. The predicted octanol–water partition coefficient (Wildman–Crippen LogP) is 1.27. The first-order chi connectivity index (χ1) is 11.8. The monoisotopic (exact) mass is 387 g/mol. The lowest BCUT2D eigenvalue weighted by Crippen LogP contribution is -2.60. The van der Waals surface area contributed by atoms with Gasteiger partial charge in [-0.3, -0.25) is 4.79 Å². The van der Waals surface area contributed by atoms with Crippen LogP contribution in [0.4, 0.5) is 30.7 Å². The van der Waals surface area contributed by atoms with Crippen molar-refractivity contribution in [3.63, 3.8) is 0 Å². The molecule has 1 fully saturated rings. The summed E-state index contributed by atoms with van der Waals surface area (Å²) in [6.07, 6.45) is -4.40. The molecule has 0 spiro atoms. The number of likely N-dealkylation sites (tertiary alicyclic amines) is 1. The first kappa shape index (κ1) is 19.9. The number of amides is 1. The number of carbonyl (C=O) groups is 1. The van der Waals surface area contributed by atoms with Gasteiger partial charge in [-0.05, 0) is 17.6 Å². The van der Waals surface area contributed by atoms with Gasteiger partial charge in [0.15, 0.2) is 0 Å². The van der Waals surface area contributed by atoms with E-state index in [1.807, 2.05) is 0 Å². The van der Waals surface area contributed by atoms with E-state index in [0.29, 0.717) is 17.6 Å². The molecule has 1 aromatic heterocycles. The van der Waals surface area contributed by atoms with Crippen molar-refractivity contribution in [1.29, 1.82) is 0 Å². The highest BCUT2D eigenvalue weighted by Gasteiger charge is 2.73. The van der Waals surface area contributed by atoms with E-state index in [2.05, 4.69) is 5.10 Å². The molecular weight excluding hydrogens is 375 g/mol. The minimum atomic E-state index is -6.63. The molecule has 1 aliphatic rings. The minimum absolute atomic E-state index is 0.254. The van der Waals surface area contributed by atoms with Crippen LogP contribution in [-0.4, -0.2) is 48.3 Å². The highest BCUT2D eigenvalue weighted by molar-refractivity contribution is 5.85. The second kappa shape index (κ2) is 6.40. The summed E-state index contributed by atoms with van der Waals surface area (Å²) < 4.78 is 89.0. The second-order valence-corrected chi connectivity index (χ2v) is 5.67. The number of halogens is 7. The summed E-state index contributed by atoms with van der Waals surface area (Å²) in [7, 11) is 1.53. The summed E-state index contributed by atoms with van der Waals surface area (Å²) in [5.41, 5.74) is 0.254. The van der Waals surface area contributed by atoms with Crippen molar-refractivity contribution in [3.8, 4) is 0 Å². The first-order valence-electron chi connectivity index (χ1n) is 7.14. The van der Waals surface area contributed by atoms with Gasteiger partial charge in [-0.15, -0.1) is 0 Å². The number of nitrogens with zero attached hydrogens (tertiary/aromatic N) is 3. The Morgan fingerprint density at radius 1 is 1.27 bits per heavy atom. The Labute approximate surface area is 142 Å². The minimum Gasteiger partial charge on any atom is -0.853 e. The van der Waals surface area contributed by atoms with Crippen molar-refractivity contribution in [2.75, 3.05) is 13.6 Å². The molecule has 1 amide bonds. The maximum absolute atomic E-state index is 13.3. The lowest BCUT2D eigenvalue weighted by Gasteiger charge is -2.29. The summed E-state index contributed by atoms with van der Waals surface area (Å²) in [5.74, 6) is -16.6. The SMILES string of the molecule is CN1CCC(c2ccc[n+](/N=C(\[O-])C(F)(F)C(F)(F)C(F)(F)F)c2)C1=O. The van der Waals surface area contributed by atoms with E-state index in [-0.39, 0.29) is 11.5 Å². The molecule has 1 atom stereocenters. The molecule has 5 nitrogen and oxygen atoms in total. The molecule has 0 saturated carbocycles. The highest BCUT2D eigenvalue weighted by Crippen LogP contribution is 2.46. The molecule has 1 aromatic rings. The van der Waals surface area contributed by atoms with Crippen LogP contribution in [0.3, 0.4) is 0 Å². The number of likely N-dealkylation sites (N-methyl/N-ethyl adjacent to an activating group) is 1. The number of alkyl halides is 7. The van der Waals surface area contributed by atoms with Crippen LogP contribution in [0.5, 0.6) is 0 Å². The predicted molar refractivity (Wildman–Crippen MR) is 70.4 cm³/mol.